The van der Waals surface area contributed by atoms with E-state index in [1.807, 2.05) is 39.9 Å². The average Bonchev–Trinajstić information content (AvgIpc) is 4.13. The molecule has 2 aliphatic heterocycles. The number of aliphatic imine (C=N–C) groups is 1. The molecule has 1 amide bonds. The molecule has 71 heavy (non-hydrogen) atoms. The topological polar surface area (TPSA) is 327 Å². The smallest absolute Gasteiger partial charge is 0.407 e. The SMILES string of the molecule is C=Nc1c(NC(=O)c2ccccc2)ncnc1N(C)[C@@H]1O[C@H](COP(=O)(OCCC#N)O[C@H]2C(O[Si](C)(C)C(C)(C)C)[C@H](n3cnc4c3ncn3ncnc43)O[C@@H]2CO)[C@@H](OP(=O)(O)OCCC#N)[C@H]1F. The van der Waals surface area contributed by atoms with E-state index in [2.05, 4.69) is 47.0 Å². The van der Waals surface area contributed by atoms with Crippen molar-refractivity contribution in [2.45, 2.75) is 101 Å². The van der Waals surface area contributed by atoms with Crippen molar-refractivity contribution >= 4 is 70.7 Å². The third kappa shape index (κ3) is 11.7. The fourth-order valence-electron chi connectivity index (χ4n) is 7.31. The van der Waals surface area contributed by atoms with Gasteiger partial charge in [0, 0.05) is 12.6 Å². The number of benzene rings is 1. The van der Waals surface area contributed by atoms with Gasteiger partial charge >= 0.3 is 15.6 Å². The number of fused-ring (bicyclic) bond motifs is 3. The summed E-state index contributed by atoms with van der Waals surface area (Å²) in [7, 11) is -11.7. The van der Waals surface area contributed by atoms with Crippen LogP contribution in [0.15, 0.2) is 60.6 Å². The van der Waals surface area contributed by atoms with Crippen molar-refractivity contribution in [2.24, 2.45) is 4.99 Å². The Kier molecular flexibility index (Phi) is 16.5. The number of nitriles is 2. The minimum absolute atomic E-state index is 0.106. The zero-order valence-corrected chi connectivity index (χ0v) is 42.1. The average molecular weight is 1040 g/mol. The second kappa shape index (κ2) is 22.1. The van der Waals surface area contributed by atoms with Crippen molar-refractivity contribution in [1.29, 1.82) is 10.5 Å². The molecule has 5 aromatic rings. The van der Waals surface area contributed by atoms with E-state index in [4.69, 9.17) is 41.8 Å². The summed E-state index contributed by atoms with van der Waals surface area (Å²) in [5.41, 5.74) is 1.23. The van der Waals surface area contributed by atoms with Crippen LogP contribution < -0.4 is 10.2 Å². The van der Waals surface area contributed by atoms with Crippen LogP contribution in [0.25, 0.3) is 16.8 Å². The van der Waals surface area contributed by atoms with Crippen LogP contribution in [0.2, 0.25) is 18.1 Å². The highest BCUT2D eigenvalue weighted by molar-refractivity contribution is 7.48. The van der Waals surface area contributed by atoms with Gasteiger partial charge in [0.1, 0.15) is 55.2 Å². The van der Waals surface area contributed by atoms with E-state index in [1.165, 1.54) is 30.5 Å². The van der Waals surface area contributed by atoms with Gasteiger partial charge in [-0.15, -0.1) is 0 Å². The van der Waals surface area contributed by atoms with Gasteiger partial charge in [-0.25, -0.2) is 43.0 Å². The number of carbonyl (C=O) groups excluding carboxylic acids is 1. The molecule has 2 fully saturated rings. The molecule has 2 saturated heterocycles. The minimum atomic E-state index is -5.16. The van der Waals surface area contributed by atoms with Crippen LogP contribution in [0.3, 0.4) is 0 Å². The number of anilines is 2. The number of nitrogens with one attached hydrogen (secondary N) is 1. The highest BCUT2D eigenvalue weighted by atomic mass is 31.2. The number of carbonyl (C=O) groups is 1. The molecule has 7 rings (SSSR count). The predicted molar refractivity (Wildman–Crippen MR) is 250 cm³/mol. The molecule has 380 valence electrons. The third-order valence-electron chi connectivity index (χ3n) is 11.9. The highest BCUT2D eigenvalue weighted by Gasteiger charge is 2.56. The number of aromatic nitrogens is 8. The molecule has 26 nitrogen and oxygen atoms in total. The van der Waals surface area contributed by atoms with E-state index in [1.54, 1.807) is 41.0 Å². The van der Waals surface area contributed by atoms with Gasteiger partial charge in [-0.05, 0) is 37.0 Å². The normalized spacial score (nSPS) is 24.3. The lowest BCUT2D eigenvalue weighted by Gasteiger charge is -2.40. The molecule has 0 radical (unpaired) electrons. The van der Waals surface area contributed by atoms with Gasteiger partial charge in [0.25, 0.3) is 5.91 Å². The number of hydrogen-bond donors (Lipinski definition) is 3. The molecule has 6 heterocycles. The molecule has 0 aliphatic carbocycles. The van der Waals surface area contributed by atoms with Crippen molar-refractivity contribution in [1.82, 2.24) is 39.1 Å². The van der Waals surface area contributed by atoms with Gasteiger partial charge in [-0.2, -0.15) is 15.6 Å². The number of halogens is 1. The van der Waals surface area contributed by atoms with Crippen LogP contribution in [0.1, 0.15) is 50.2 Å². The molecule has 1 aromatic carbocycles. The fraction of sp³-hybridized carbons (Fsp3) is 0.512. The highest BCUT2D eigenvalue weighted by Crippen LogP contribution is 2.56. The maximum absolute atomic E-state index is 17.0. The maximum atomic E-state index is 17.0. The molecule has 0 spiro atoms. The monoisotopic (exact) mass is 1040 g/mol. The molecular formula is C41H52FN13O13P2Si. The molecular weight excluding hydrogens is 992 g/mol. The lowest BCUT2D eigenvalue weighted by atomic mass is 10.1. The summed E-state index contributed by atoms with van der Waals surface area (Å²) in [6, 6.07) is 11.8. The molecule has 4 aromatic heterocycles. The van der Waals surface area contributed by atoms with Crippen molar-refractivity contribution in [3.63, 3.8) is 0 Å². The Morgan fingerprint density at radius 1 is 0.958 bits per heavy atom. The van der Waals surface area contributed by atoms with Gasteiger partial charge in [0.05, 0.1) is 57.7 Å². The van der Waals surface area contributed by atoms with E-state index >= 15 is 8.96 Å². The summed E-state index contributed by atoms with van der Waals surface area (Å²) in [6.45, 7) is 10.7. The number of aliphatic hydroxyl groups is 1. The second-order valence-electron chi connectivity index (χ2n) is 17.5. The number of ether oxygens (including phenoxy) is 2. The van der Waals surface area contributed by atoms with Crippen molar-refractivity contribution in [3.05, 3.63) is 61.2 Å². The molecule has 30 heteroatoms. The van der Waals surface area contributed by atoms with Crippen LogP contribution in [0.5, 0.6) is 0 Å². The van der Waals surface area contributed by atoms with Gasteiger partial charge in [-0.1, -0.05) is 39.0 Å². The van der Waals surface area contributed by atoms with E-state index in [0.29, 0.717) is 16.8 Å². The lowest BCUT2D eigenvalue weighted by molar-refractivity contribution is -0.0530. The molecule has 10 atom stereocenters. The number of hydrogen-bond acceptors (Lipinski definition) is 22. The summed E-state index contributed by atoms with van der Waals surface area (Å²) >= 11 is 0. The number of nitrogens with zero attached hydrogens (tertiary/aromatic N) is 12. The first-order chi connectivity index (χ1) is 33.7. The van der Waals surface area contributed by atoms with E-state index < -0.39 is 110 Å². The number of phosphoric acid groups is 2. The Bertz CT molecular complexity index is 2880. The standard InChI is InChI=1S/C41H52FN13O13P2Si/c1-41(2,3)71(6,7)68-33-32(26(19-56)64-40(33)54-23-49-30-36(54)50-24-55-37(30)48-22-51-55)67-70(60,62-18-12-16-44)63-20-27-31(66-69(58,59)61-17-11-15-43)28(42)39(65-27)53(5)35-29(45-4)34(46-21-47-35)52-38(57)25-13-9-8-10-14-25/h8-10,13-14,21-24,26-28,31-33,39-40,56H,4,11-12,17-20H2,1-3,5-7H3,(H,58,59)(H,46,47,52,57)/t26-,27-,28-,31-,32-,33?,39-,40-,70?/m1/s1. The fourth-order valence-corrected chi connectivity index (χ4v) is 10.9. The largest absolute Gasteiger partial charge is 0.475 e. The molecule has 0 saturated carbocycles. The zero-order chi connectivity index (χ0) is 51.3. The molecule has 3 unspecified atom stereocenters. The Balaban J connectivity index is 1.21. The summed E-state index contributed by atoms with van der Waals surface area (Å²) in [5.74, 6) is -0.787. The van der Waals surface area contributed by atoms with E-state index in [9.17, 15) is 24.6 Å². The molecule has 2 aliphatic rings. The lowest BCUT2D eigenvalue weighted by Crippen LogP contribution is -2.49. The van der Waals surface area contributed by atoms with Crippen LogP contribution in [-0.2, 0) is 45.6 Å². The van der Waals surface area contributed by atoms with Crippen molar-refractivity contribution < 1.29 is 64.8 Å². The van der Waals surface area contributed by atoms with Crippen LogP contribution >= 0.6 is 15.6 Å². The predicted octanol–water partition coefficient (Wildman–Crippen LogP) is 5.18. The molecule has 0 bridgehead atoms. The second-order valence-corrected chi connectivity index (χ2v) is 25.3. The Morgan fingerprint density at radius 3 is 2.35 bits per heavy atom. The number of aliphatic hydroxyl groups excluding tert-OH is 1. The summed E-state index contributed by atoms with van der Waals surface area (Å²) in [5, 5.41) is 35.6. The maximum Gasteiger partial charge on any atom is 0.475 e. The summed E-state index contributed by atoms with van der Waals surface area (Å²) in [4.78, 5) is 50.6. The first kappa shape index (κ1) is 53.3. The number of amides is 1. The van der Waals surface area contributed by atoms with Crippen molar-refractivity contribution in [3.8, 4) is 12.1 Å². The Hall–Kier alpha value is -5.55. The van der Waals surface area contributed by atoms with Crippen LogP contribution in [0, 0.1) is 22.7 Å². The number of phosphoric ester groups is 2. The quantitative estimate of drug-likeness (QED) is 0.0348. The van der Waals surface area contributed by atoms with Gasteiger partial charge in [0.2, 0.25) is 0 Å². The van der Waals surface area contributed by atoms with Crippen LogP contribution in [-0.4, -0.2) is 146 Å². The Morgan fingerprint density at radius 2 is 1.68 bits per heavy atom. The zero-order valence-electron chi connectivity index (χ0n) is 39.3. The first-order valence-corrected chi connectivity index (χ1v) is 27.7. The van der Waals surface area contributed by atoms with Crippen LogP contribution in [0.4, 0.5) is 21.7 Å². The minimum Gasteiger partial charge on any atom is -0.407 e. The summed E-state index contributed by atoms with van der Waals surface area (Å²) in [6.07, 6.45) is -8.26. The number of rotatable bonds is 22. The number of imidazole rings is 1. The number of alkyl halides is 1. The van der Waals surface area contributed by atoms with E-state index in [0.717, 1.165) is 11.2 Å². The van der Waals surface area contributed by atoms with Gasteiger partial charge in [-0.3, -0.25) is 37.0 Å². The molecule has 3 N–H and O–H groups in total. The Labute approximate surface area is 407 Å². The van der Waals surface area contributed by atoms with E-state index in [-0.39, 0.29) is 35.7 Å². The van der Waals surface area contributed by atoms with Crippen molar-refractivity contribution in [2.75, 3.05) is 43.7 Å². The van der Waals surface area contributed by atoms with Gasteiger partial charge in [0.15, 0.2) is 55.4 Å². The third-order valence-corrected chi connectivity index (χ3v) is 18.8. The summed E-state index contributed by atoms with van der Waals surface area (Å²) < 4.78 is 95.8. The van der Waals surface area contributed by atoms with Gasteiger partial charge < -0.3 is 34.1 Å². The first-order valence-electron chi connectivity index (χ1n) is 21.9.